The van der Waals surface area contributed by atoms with Crippen LogP contribution >= 0.6 is 0 Å². The first-order chi connectivity index (χ1) is 10.2. The number of rotatable bonds is 1. The molecule has 4 rings (SSSR count). The van der Waals surface area contributed by atoms with Crippen LogP contribution < -0.4 is 0 Å². The quantitative estimate of drug-likeness (QED) is 0.691. The molecule has 1 aliphatic rings. The van der Waals surface area contributed by atoms with E-state index in [4.69, 9.17) is 4.42 Å². The Morgan fingerprint density at radius 3 is 2.95 bits per heavy atom. The Morgan fingerprint density at radius 1 is 1.29 bits per heavy atom. The van der Waals surface area contributed by atoms with E-state index in [2.05, 4.69) is 9.97 Å². The normalized spacial score (nSPS) is 16.6. The highest BCUT2D eigenvalue weighted by molar-refractivity contribution is 6.19. The van der Waals surface area contributed by atoms with Crippen molar-refractivity contribution in [3.05, 3.63) is 58.9 Å². The third-order valence-electron chi connectivity index (χ3n) is 3.99. The van der Waals surface area contributed by atoms with Crippen molar-refractivity contribution in [2.24, 2.45) is 0 Å². The molecule has 3 aromatic rings. The summed E-state index contributed by atoms with van der Waals surface area (Å²) in [4.78, 5) is 20.0. The summed E-state index contributed by atoms with van der Waals surface area (Å²) in [6.45, 7) is 1.95. The minimum absolute atomic E-state index is 0.0589. The van der Waals surface area contributed by atoms with E-state index in [0.29, 0.717) is 6.42 Å². The minimum Gasteiger partial charge on any atom is -0.460 e. The van der Waals surface area contributed by atoms with Crippen molar-refractivity contribution in [3.8, 4) is 0 Å². The van der Waals surface area contributed by atoms with Gasteiger partial charge in [-0.25, -0.2) is 4.98 Å². The zero-order chi connectivity index (χ0) is 14.4. The fraction of sp³-hybridized carbons (Fsp3) is 0.176. The summed E-state index contributed by atoms with van der Waals surface area (Å²) in [5, 5.41) is 0.904. The summed E-state index contributed by atoms with van der Waals surface area (Å²) in [6.07, 6.45) is 4.98. The first-order valence-electron chi connectivity index (χ1n) is 6.99. The summed E-state index contributed by atoms with van der Waals surface area (Å²) in [6, 6.07) is 7.70. The maximum Gasteiger partial charge on any atom is 0.193 e. The van der Waals surface area contributed by atoms with Gasteiger partial charge in [-0.15, -0.1) is 0 Å². The van der Waals surface area contributed by atoms with Crippen LogP contribution in [0.4, 0.5) is 0 Å². The highest BCUT2D eigenvalue weighted by atomic mass is 16.3. The van der Waals surface area contributed by atoms with Crippen molar-refractivity contribution in [1.29, 1.82) is 0 Å². The minimum atomic E-state index is 0.0589. The highest BCUT2D eigenvalue weighted by Crippen LogP contribution is 2.34. The number of fused-ring (bicyclic) bond motifs is 3. The predicted octanol–water partition coefficient (Wildman–Crippen LogP) is 3.68. The average Bonchev–Trinajstić information content (AvgIpc) is 3.06. The van der Waals surface area contributed by atoms with Gasteiger partial charge in [-0.05, 0) is 25.5 Å². The van der Waals surface area contributed by atoms with E-state index in [0.717, 1.165) is 45.7 Å². The van der Waals surface area contributed by atoms with Crippen molar-refractivity contribution in [2.75, 3.05) is 0 Å². The number of benzene rings is 1. The number of para-hydroxylation sites is 1. The monoisotopic (exact) mass is 278 g/mol. The number of imidazole rings is 1. The van der Waals surface area contributed by atoms with E-state index < -0.39 is 0 Å². The molecule has 0 spiro atoms. The van der Waals surface area contributed by atoms with Crippen LogP contribution in [-0.4, -0.2) is 15.8 Å². The third-order valence-corrected chi connectivity index (χ3v) is 3.99. The molecule has 0 atom stereocenters. The Hall–Kier alpha value is -2.62. The molecule has 0 bridgehead atoms. The number of H-pyrrole nitrogens is 1. The number of furan rings is 1. The van der Waals surface area contributed by atoms with Crippen molar-refractivity contribution in [2.45, 2.75) is 19.8 Å². The lowest BCUT2D eigenvalue weighted by Gasteiger charge is -2.12. The van der Waals surface area contributed by atoms with Crippen molar-refractivity contribution in [3.63, 3.8) is 0 Å². The molecule has 0 aliphatic heterocycles. The van der Waals surface area contributed by atoms with Gasteiger partial charge < -0.3 is 9.40 Å². The summed E-state index contributed by atoms with van der Waals surface area (Å²) in [5.74, 6) is 0.862. The summed E-state index contributed by atoms with van der Waals surface area (Å²) >= 11 is 0. The number of Topliss-reactive ketones (excluding diaryl/α,β-unsaturated/α-hetero) is 1. The van der Waals surface area contributed by atoms with Crippen LogP contribution in [0.25, 0.3) is 17.0 Å². The maximum absolute atomic E-state index is 12.8. The second-order valence-electron chi connectivity index (χ2n) is 5.31. The molecule has 104 valence electrons. The lowest BCUT2D eigenvalue weighted by atomic mass is 9.89. The van der Waals surface area contributed by atoms with Crippen molar-refractivity contribution < 1.29 is 9.21 Å². The van der Waals surface area contributed by atoms with Gasteiger partial charge in [0.05, 0.1) is 17.6 Å². The van der Waals surface area contributed by atoms with Gasteiger partial charge in [-0.1, -0.05) is 18.2 Å². The van der Waals surface area contributed by atoms with Crippen LogP contribution in [0.3, 0.4) is 0 Å². The number of allylic oxidation sites excluding steroid dienone is 1. The second kappa shape index (κ2) is 4.45. The van der Waals surface area contributed by atoms with E-state index in [9.17, 15) is 4.79 Å². The lowest BCUT2D eigenvalue weighted by Crippen LogP contribution is -2.12. The van der Waals surface area contributed by atoms with E-state index in [-0.39, 0.29) is 5.78 Å². The number of carbonyl (C=O) groups excluding carboxylic acids is 1. The van der Waals surface area contributed by atoms with E-state index in [1.54, 1.807) is 6.33 Å². The number of aromatic amines is 1. The van der Waals surface area contributed by atoms with Gasteiger partial charge >= 0.3 is 0 Å². The molecule has 2 heterocycles. The van der Waals surface area contributed by atoms with Gasteiger partial charge in [0.15, 0.2) is 5.78 Å². The van der Waals surface area contributed by atoms with Crippen LogP contribution in [0.15, 0.2) is 40.6 Å². The molecule has 0 saturated heterocycles. The van der Waals surface area contributed by atoms with Crippen LogP contribution in [0.5, 0.6) is 0 Å². The number of aryl methyl sites for hydroxylation is 2. The van der Waals surface area contributed by atoms with Gasteiger partial charge in [0.1, 0.15) is 11.3 Å². The molecule has 0 saturated carbocycles. The van der Waals surface area contributed by atoms with E-state index in [1.807, 2.05) is 37.3 Å². The molecule has 1 N–H and O–H groups in total. The summed E-state index contributed by atoms with van der Waals surface area (Å²) in [7, 11) is 0. The molecule has 4 heteroatoms. The zero-order valence-electron chi connectivity index (χ0n) is 11.6. The summed E-state index contributed by atoms with van der Waals surface area (Å²) < 4.78 is 5.80. The maximum atomic E-state index is 12.8. The van der Waals surface area contributed by atoms with Crippen LogP contribution in [0.2, 0.25) is 0 Å². The molecule has 4 nitrogen and oxygen atoms in total. The Kier molecular flexibility index (Phi) is 2.57. The molecule has 2 aromatic heterocycles. The second-order valence-corrected chi connectivity index (χ2v) is 5.31. The van der Waals surface area contributed by atoms with E-state index >= 15 is 0 Å². The smallest absolute Gasteiger partial charge is 0.193 e. The number of hydrogen-bond donors (Lipinski definition) is 1. The Bertz CT molecular complexity index is 883. The van der Waals surface area contributed by atoms with Crippen molar-refractivity contribution in [1.82, 2.24) is 9.97 Å². The summed E-state index contributed by atoms with van der Waals surface area (Å²) in [5.41, 5.74) is 4.10. The van der Waals surface area contributed by atoms with Gasteiger partial charge in [0.25, 0.3) is 0 Å². The topological polar surface area (TPSA) is 58.9 Å². The Balaban J connectivity index is 1.85. The molecule has 0 fully saturated rings. The van der Waals surface area contributed by atoms with Crippen LogP contribution in [0, 0.1) is 6.92 Å². The van der Waals surface area contributed by atoms with Crippen molar-refractivity contribution >= 4 is 22.8 Å². The Labute approximate surface area is 121 Å². The number of nitrogens with one attached hydrogen (secondary N) is 1. The largest absolute Gasteiger partial charge is 0.460 e. The molecule has 0 unspecified atom stereocenters. The number of ketones is 1. The molecular weight excluding hydrogens is 264 g/mol. The SMILES string of the molecule is Cc1[nH]cnc1C=C1CCc2oc3ccccc3c2C1=O. The third kappa shape index (κ3) is 1.83. The number of nitrogens with zero attached hydrogens (tertiary/aromatic N) is 1. The molecule has 0 amide bonds. The lowest BCUT2D eigenvalue weighted by molar-refractivity contribution is 0.102. The van der Waals surface area contributed by atoms with Gasteiger partial charge in [0, 0.05) is 23.1 Å². The standard InChI is InChI=1S/C17H14N2O2/c1-10-13(19-9-18-10)8-11-6-7-15-16(17(11)20)12-4-2-3-5-14(12)21-15/h2-5,8-9H,6-7H2,1H3,(H,18,19). The number of hydrogen-bond acceptors (Lipinski definition) is 3. The number of aromatic nitrogens is 2. The molecule has 1 aliphatic carbocycles. The van der Waals surface area contributed by atoms with E-state index in [1.165, 1.54) is 0 Å². The van der Waals surface area contributed by atoms with Crippen LogP contribution in [-0.2, 0) is 6.42 Å². The molecule has 21 heavy (non-hydrogen) atoms. The first kappa shape index (κ1) is 12.1. The Morgan fingerprint density at radius 2 is 2.14 bits per heavy atom. The highest BCUT2D eigenvalue weighted by Gasteiger charge is 2.28. The van der Waals surface area contributed by atoms with Gasteiger partial charge in [0.2, 0.25) is 0 Å². The van der Waals surface area contributed by atoms with Crippen LogP contribution in [0.1, 0.15) is 33.9 Å². The number of carbonyl (C=O) groups is 1. The fourth-order valence-corrected chi connectivity index (χ4v) is 2.86. The molecule has 1 aromatic carbocycles. The van der Waals surface area contributed by atoms with Gasteiger partial charge in [-0.3, -0.25) is 4.79 Å². The average molecular weight is 278 g/mol. The molecule has 0 radical (unpaired) electrons. The zero-order valence-corrected chi connectivity index (χ0v) is 11.6. The molecular formula is C17H14N2O2. The van der Waals surface area contributed by atoms with Gasteiger partial charge in [-0.2, -0.15) is 0 Å². The first-order valence-corrected chi connectivity index (χ1v) is 6.99. The predicted molar refractivity (Wildman–Crippen MR) is 80.2 cm³/mol. The fourth-order valence-electron chi connectivity index (χ4n) is 2.86.